The molecule has 0 unspecified atom stereocenters. The summed E-state index contributed by atoms with van der Waals surface area (Å²) in [6.07, 6.45) is 0.720. The summed E-state index contributed by atoms with van der Waals surface area (Å²) in [5.41, 5.74) is -1.21. The molecule has 1 aliphatic rings. The Morgan fingerprint density at radius 3 is 2.58 bits per heavy atom. The number of hydrogen-bond donors (Lipinski definition) is 2. The second kappa shape index (κ2) is 4.83. The van der Waals surface area contributed by atoms with Gasteiger partial charge in [0.1, 0.15) is 11.4 Å². The van der Waals surface area contributed by atoms with Gasteiger partial charge in [-0.1, -0.05) is 0 Å². The first-order valence-electron chi connectivity index (χ1n) is 5.55. The van der Waals surface area contributed by atoms with Crippen LogP contribution in [-0.4, -0.2) is 29.1 Å². The van der Waals surface area contributed by atoms with E-state index in [0.717, 1.165) is 12.1 Å². The SMILES string of the molecule is O=C(COc1ccc(F)cc1F)NC1(C(=O)O)CC1. The van der Waals surface area contributed by atoms with Gasteiger partial charge in [-0.15, -0.1) is 0 Å². The normalized spacial score (nSPS) is 15.7. The van der Waals surface area contributed by atoms with Crippen LogP contribution in [-0.2, 0) is 9.59 Å². The van der Waals surface area contributed by atoms with Crippen LogP contribution in [0.5, 0.6) is 5.75 Å². The number of aliphatic carboxylic acids is 1. The summed E-state index contributed by atoms with van der Waals surface area (Å²) in [6, 6.07) is 2.69. The fraction of sp³-hybridized carbons (Fsp3) is 0.333. The summed E-state index contributed by atoms with van der Waals surface area (Å²) in [4.78, 5) is 22.3. The van der Waals surface area contributed by atoms with Gasteiger partial charge in [-0.2, -0.15) is 0 Å². The lowest BCUT2D eigenvalue weighted by Gasteiger charge is -2.13. The van der Waals surface area contributed by atoms with Crippen LogP contribution in [0.2, 0.25) is 0 Å². The van der Waals surface area contributed by atoms with E-state index in [1.165, 1.54) is 0 Å². The molecule has 1 saturated carbocycles. The van der Waals surface area contributed by atoms with E-state index in [-0.39, 0.29) is 5.75 Å². The highest BCUT2D eigenvalue weighted by atomic mass is 19.1. The van der Waals surface area contributed by atoms with Gasteiger partial charge in [0.15, 0.2) is 18.2 Å². The molecule has 0 bridgehead atoms. The average molecular weight is 271 g/mol. The molecule has 7 heteroatoms. The minimum absolute atomic E-state index is 0.267. The van der Waals surface area contributed by atoms with Crippen molar-refractivity contribution in [2.75, 3.05) is 6.61 Å². The van der Waals surface area contributed by atoms with Gasteiger partial charge in [-0.3, -0.25) is 4.79 Å². The third-order valence-electron chi connectivity index (χ3n) is 2.79. The molecule has 1 aromatic rings. The van der Waals surface area contributed by atoms with Gasteiger partial charge >= 0.3 is 5.97 Å². The molecule has 2 N–H and O–H groups in total. The van der Waals surface area contributed by atoms with Crippen LogP contribution < -0.4 is 10.1 Å². The lowest BCUT2D eigenvalue weighted by atomic mass is 10.3. The van der Waals surface area contributed by atoms with Crippen LogP contribution in [0.25, 0.3) is 0 Å². The van der Waals surface area contributed by atoms with Crippen LogP contribution in [0.3, 0.4) is 0 Å². The summed E-state index contributed by atoms with van der Waals surface area (Å²) in [5, 5.41) is 11.2. The van der Waals surface area contributed by atoms with Gasteiger partial charge < -0.3 is 15.2 Å². The van der Waals surface area contributed by atoms with E-state index in [0.29, 0.717) is 18.9 Å². The first-order valence-corrected chi connectivity index (χ1v) is 5.55. The van der Waals surface area contributed by atoms with Crippen molar-refractivity contribution in [3.63, 3.8) is 0 Å². The molecule has 1 aliphatic carbocycles. The number of hydrogen-bond acceptors (Lipinski definition) is 3. The molecule has 0 heterocycles. The molecule has 1 fully saturated rings. The van der Waals surface area contributed by atoms with Gasteiger partial charge in [0, 0.05) is 6.07 Å². The fourth-order valence-corrected chi connectivity index (χ4v) is 1.56. The topological polar surface area (TPSA) is 75.6 Å². The number of nitrogens with one attached hydrogen (secondary N) is 1. The highest BCUT2D eigenvalue weighted by molar-refractivity contribution is 5.90. The number of carbonyl (C=O) groups excluding carboxylic acids is 1. The first-order chi connectivity index (χ1) is 8.93. The fourth-order valence-electron chi connectivity index (χ4n) is 1.56. The molecule has 19 heavy (non-hydrogen) atoms. The highest BCUT2D eigenvalue weighted by Crippen LogP contribution is 2.35. The minimum atomic E-state index is -1.21. The van der Waals surface area contributed by atoms with Crippen LogP contribution in [0.4, 0.5) is 8.78 Å². The largest absolute Gasteiger partial charge is 0.481 e. The summed E-state index contributed by atoms with van der Waals surface area (Å²) < 4.78 is 30.7. The van der Waals surface area contributed by atoms with Crippen molar-refractivity contribution in [1.82, 2.24) is 5.32 Å². The molecule has 1 aromatic carbocycles. The highest BCUT2D eigenvalue weighted by Gasteiger charge is 2.51. The molecule has 0 spiro atoms. The molecule has 102 valence electrons. The van der Waals surface area contributed by atoms with Crippen LogP contribution in [0, 0.1) is 11.6 Å². The molecule has 5 nitrogen and oxygen atoms in total. The number of carbonyl (C=O) groups is 2. The van der Waals surface area contributed by atoms with Crippen molar-refractivity contribution in [3.05, 3.63) is 29.8 Å². The lowest BCUT2D eigenvalue weighted by Crippen LogP contribution is -2.45. The van der Waals surface area contributed by atoms with Crippen molar-refractivity contribution in [2.45, 2.75) is 18.4 Å². The number of carboxylic acids is 1. The smallest absolute Gasteiger partial charge is 0.329 e. The van der Waals surface area contributed by atoms with Gasteiger partial charge in [-0.05, 0) is 25.0 Å². The Bertz CT molecular complexity index is 528. The third kappa shape index (κ3) is 2.98. The van der Waals surface area contributed by atoms with Gasteiger partial charge in [0.25, 0.3) is 5.91 Å². The Kier molecular flexibility index (Phi) is 3.37. The second-order valence-corrected chi connectivity index (χ2v) is 4.30. The monoisotopic (exact) mass is 271 g/mol. The number of benzene rings is 1. The van der Waals surface area contributed by atoms with E-state index in [4.69, 9.17) is 9.84 Å². The van der Waals surface area contributed by atoms with Crippen molar-refractivity contribution in [1.29, 1.82) is 0 Å². The Morgan fingerprint density at radius 2 is 2.05 bits per heavy atom. The van der Waals surface area contributed by atoms with E-state index < -0.39 is 35.7 Å². The van der Waals surface area contributed by atoms with E-state index in [1.807, 2.05) is 0 Å². The zero-order chi connectivity index (χ0) is 14.0. The Hall–Kier alpha value is -2.18. The van der Waals surface area contributed by atoms with Crippen LogP contribution >= 0.6 is 0 Å². The van der Waals surface area contributed by atoms with Gasteiger partial charge in [0.2, 0.25) is 0 Å². The summed E-state index contributed by atoms with van der Waals surface area (Å²) >= 11 is 0. The third-order valence-corrected chi connectivity index (χ3v) is 2.79. The van der Waals surface area contributed by atoms with E-state index in [2.05, 4.69) is 5.32 Å². The predicted octanol–water partition coefficient (Wildman–Crippen LogP) is 1.08. The summed E-state index contributed by atoms with van der Waals surface area (Å²) in [6.45, 7) is -0.530. The van der Waals surface area contributed by atoms with Crippen LogP contribution in [0.1, 0.15) is 12.8 Å². The standard InChI is InChI=1S/C12H11F2NO4/c13-7-1-2-9(8(14)5-7)19-6-10(16)15-12(3-4-12)11(17)18/h1-2,5H,3-4,6H2,(H,15,16)(H,17,18). The second-order valence-electron chi connectivity index (χ2n) is 4.30. The van der Waals surface area contributed by atoms with E-state index in [1.54, 1.807) is 0 Å². The maximum atomic E-state index is 13.2. The number of ether oxygens (including phenoxy) is 1. The molecule has 0 radical (unpaired) electrons. The minimum Gasteiger partial charge on any atom is -0.481 e. The van der Waals surface area contributed by atoms with Crippen molar-refractivity contribution >= 4 is 11.9 Å². The molecule has 2 rings (SSSR count). The predicted molar refractivity (Wildman–Crippen MR) is 59.6 cm³/mol. The zero-order valence-electron chi connectivity index (χ0n) is 9.78. The average Bonchev–Trinajstić information content (AvgIpc) is 3.09. The molecular formula is C12H11F2NO4. The van der Waals surface area contributed by atoms with Crippen molar-refractivity contribution in [3.8, 4) is 5.75 Å². The van der Waals surface area contributed by atoms with Crippen molar-refractivity contribution in [2.24, 2.45) is 0 Å². The first kappa shape index (κ1) is 13.3. The quantitative estimate of drug-likeness (QED) is 0.840. The number of amides is 1. The number of carboxylic acid groups (broad SMARTS) is 1. The molecule has 0 aliphatic heterocycles. The molecule has 0 saturated heterocycles. The van der Waals surface area contributed by atoms with E-state index >= 15 is 0 Å². The molecule has 0 aromatic heterocycles. The molecular weight excluding hydrogens is 260 g/mol. The number of halogens is 2. The molecule has 1 amide bonds. The summed E-state index contributed by atoms with van der Waals surface area (Å²) in [5.74, 6) is -3.71. The summed E-state index contributed by atoms with van der Waals surface area (Å²) in [7, 11) is 0. The van der Waals surface area contributed by atoms with E-state index in [9.17, 15) is 18.4 Å². The van der Waals surface area contributed by atoms with Gasteiger partial charge in [0.05, 0.1) is 0 Å². The van der Waals surface area contributed by atoms with Crippen molar-refractivity contribution < 1.29 is 28.2 Å². The lowest BCUT2D eigenvalue weighted by molar-refractivity contribution is -0.143. The maximum Gasteiger partial charge on any atom is 0.329 e. The van der Waals surface area contributed by atoms with Gasteiger partial charge in [-0.25, -0.2) is 13.6 Å². The number of rotatable bonds is 5. The molecule has 0 atom stereocenters. The zero-order valence-corrected chi connectivity index (χ0v) is 9.78. The Labute approximate surface area is 107 Å². The maximum absolute atomic E-state index is 13.2. The van der Waals surface area contributed by atoms with Crippen LogP contribution in [0.15, 0.2) is 18.2 Å². The Balaban J connectivity index is 1.89. The Morgan fingerprint density at radius 1 is 1.37 bits per heavy atom.